The Morgan fingerprint density at radius 1 is 1.69 bits per heavy atom. The molecular formula is C11H10ClNO2S. The molecule has 3 nitrogen and oxygen atoms in total. The molecule has 0 fully saturated rings. The molecule has 0 aliphatic heterocycles. The number of thioether (sulfide) groups is 1. The van der Waals surface area contributed by atoms with Gasteiger partial charge in [-0.15, -0.1) is 0 Å². The largest absolute Gasteiger partial charge is 0.480 e. The minimum absolute atomic E-state index is 0.0467. The van der Waals surface area contributed by atoms with Gasteiger partial charge in [-0.2, -0.15) is 0 Å². The lowest BCUT2D eigenvalue weighted by Crippen LogP contribution is -1.91. The van der Waals surface area contributed by atoms with Crippen LogP contribution < -0.4 is 4.74 Å². The van der Waals surface area contributed by atoms with Crippen molar-refractivity contribution in [2.75, 3.05) is 12.9 Å². The quantitative estimate of drug-likeness (QED) is 0.761. The molecule has 0 bridgehead atoms. The summed E-state index contributed by atoms with van der Waals surface area (Å²) in [7, 11) is 1.52. The molecule has 84 valence electrons. The number of carbonyl (C=O) groups is 1. The predicted octanol–water partition coefficient (Wildman–Crippen LogP) is 2.37. The fraction of sp³-hybridized carbons (Fsp3) is 0.273. The number of nitrogens with zero attached hydrogens (tertiary/aromatic N) is 1. The summed E-state index contributed by atoms with van der Waals surface area (Å²) in [6, 6.07) is 1.68. The normalized spacial score (nSPS) is 9.19. The van der Waals surface area contributed by atoms with Crippen LogP contribution in [0.2, 0.25) is 5.02 Å². The average Bonchev–Trinajstić information content (AvgIpc) is 2.24. The number of hydrogen-bond acceptors (Lipinski definition) is 4. The molecule has 0 N–H and O–H groups in total. The van der Waals surface area contributed by atoms with Crippen LogP contribution in [0.5, 0.6) is 5.88 Å². The fourth-order valence-corrected chi connectivity index (χ4v) is 1.45. The highest BCUT2D eigenvalue weighted by Gasteiger charge is 2.01. The first-order valence-electron chi connectivity index (χ1n) is 4.45. The first-order valence-corrected chi connectivity index (χ1v) is 5.81. The lowest BCUT2D eigenvalue weighted by atomic mass is 10.3. The molecule has 0 spiro atoms. The molecule has 0 aromatic carbocycles. The van der Waals surface area contributed by atoms with Gasteiger partial charge in [-0.1, -0.05) is 35.2 Å². The van der Waals surface area contributed by atoms with Crippen molar-refractivity contribution in [1.82, 2.24) is 4.98 Å². The number of aromatic nitrogens is 1. The SMILES string of the molecule is COc1ncc(Cl)cc1C#CCSC(C)=O. The summed E-state index contributed by atoms with van der Waals surface area (Å²) < 4.78 is 5.03. The van der Waals surface area contributed by atoms with Crippen molar-refractivity contribution in [2.45, 2.75) is 6.92 Å². The van der Waals surface area contributed by atoms with Crippen LogP contribution in [0.1, 0.15) is 12.5 Å². The van der Waals surface area contributed by atoms with E-state index in [1.54, 1.807) is 6.07 Å². The second-order valence-corrected chi connectivity index (χ2v) is 4.38. The van der Waals surface area contributed by atoms with Crippen molar-refractivity contribution < 1.29 is 9.53 Å². The second kappa shape index (κ2) is 6.41. The van der Waals surface area contributed by atoms with E-state index < -0.39 is 0 Å². The number of rotatable bonds is 2. The van der Waals surface area contributed by atoms with Gasteiger partial charge in [0.2, 0.25) is 5.88 Å². The van der Waals surface area contributed by atoms with E-state index in [0.29, 0.717) is 22.2 Å². The third-order valence-electron chi connectivity index (χ3n) is 1.58. The van der Waals surface area contributed by atoms with Crippen molar-refractivity contribution in [3.05, 3.63) is 22.8 Å². The van der Waals surface area contributed by atoms with Crippen LogP contribution in [0.25, 0.3) is 0 Å². The van der Waals surface area contributed by atoms with Crippen molar-refractivity contribution in [3.8, 4) is 17.7 Å². The van der Waals surface area contributed by atoms with Gasteiger partial charge in [0, 0.05) is 13.1 Å². The number of methoxy groups -OCH3 is 1. The van der Waals surface area contributed by atoms with E-state index in [4.69, 9.17) is 16.3 Å². The third kappa shape index (κ3) is 4.13. The van der Waals surface area contributed by atoms with E-state index in [1.165, 1.54) is 20.2 Å². The Hall–Kier alpha value is -1.18. The molecule has 1 aromatic heterocycles. The number of hydrogen-bond donors (Lipinski definition) is 0. The Morgan fingerprint density at radius 3 is 3.06 bits per heavy atom. The van der Waals surface area contributed by atoms with Crippen LogP contribution in [0.4, 0.5) is 0 Å². The zero-order chi connectivity index (χ0) is 12.0. The van der Waals surface area contributed by atoms with Crippen LogP contribution in [-0.2, 0) is 4.79 Å². The fourth-order valence-electron chi connectivity index (χ4n) is 0.948. The Balaban J connectivity index is 2.78. The topological polar surface area (TPSA) is 39.2 Å². The van der Waals surface area contributed by atoms with Crippen molar-refractivity contribution in [2.24, 2.45) is 0 Å². The van der Waals surface area contributed by atoms with Gasteiger partial charge in [0.15, 0.2) is 5.12 Å². The third-order valence-corrected chi connectivity index (χ3v) is 2.48. The molecule has 0 atom stereocenters. The summed E-state index contributed by atoms with van der Waals surface area (Å²) in [5.74, 6) is 6.60. The van der Waals surface area contributed by atoms with Gasteiger partial charge in [0.25, 0.3) is 0 Å². The maximum Gasteiger partial charge on any atom is 0.229 e. The Kier molecular flexibility index (Phi) is 5.17. The zero-order valence-corrected chi connectivity index (χ0v) is 10.5. The number of carbonyl (C=O) groups excluding carboxylic acids is 1. The maximum atomic E-state index is 10.7. The monoisotopic (exact) mass is 255 g/mol. The number of halogens is 1. The summed E-state index contributed by atoms with van der Waals surface area (Å²) in [6.45, 7) is 1.51. The average molecular weight is 256 g/mol. The van der Waals surface area contributed by atoms with Crippen molar-refractivity contribution in [1.29, 1.82) is 0 Å². The molecule has 0 radical (unpaired) electrons. The minimum Gasteiger partial charge on any atom is -0.480 e. The molecule has 0 saturated carbocycles. The molecule has 16 heavy (non-hydrogen) atoms. The zero-order valence-electron chi connectivity index (χ0n) is 8.91. The van der Waals surface area contributed by atoms with E-state index in [0.717, 1.165) is 11.8 Å². The molecule has 5 heteroatoms. The van der Waals surface area contributed by atoms with E-state index in [1.807, 2.05) is 0 Å². The molecule has 0 aliphatic rings. The summed E-state index contributed by atoms with van der Waals surface area (Å²) >= 11 is 6.95. The van der Waals surface area contributed by atoms with Crippen LogP contribution >= 0.6 is 23.4 Å². The predicted molar refractivity (Wildman–Crippen MR) is 65.8 cm³/mol. The summed E-state index contributed by atoms with van der Waals surface area (Å²) in [6.07, 6.45) is 1.50. The van der Waals surface area contributed by atoms with Gasteiger partial charge in [-0.25, -0.2) is 4.98 Å². The van der Waals surface area contributed by atoms with E-state index in [9.17, 15) is 4.79 Å². The van der Waals surface area contributed by atoms with E-state index in [-0.39, 0.29) is 5.12 Å². The van der Waals surface area contributed by atoms with Crippen LogP contribution in [0, 0.1) is 11.8 Å². The Morgan fingerprint density at radius 2 is 2.44 bits per heavy atom. The lowest BCUT2D eigenvalue weighted by Gasteiger charge is -2.01. The molecule has 1 rings (SSSR count). The first-order chi connectivity index (χ1) is 7.63. The lowest BCUT2D eigenvalue weighted by molar-refractivity contribution is -0.109. The van der Waals surface area contributed by atoms with Gasteiger partial charge >= 0.3 is 0 Å². The van der Waals surface area contributed by atoms with Gasteiger partial charge in [0.1, 0.15) is 0 Å². The van der Waals surface area contributed by atoms with Crippen LogP contribution in [0.15, 0.2) is 12.3 Å². The van der Waals surface area contributed by atoms with Gasteiger partial charge in [-0.05, 0) is 6.07 Å². The standard InChI is InChI=1S/C11H10ClNO2S/c1-8(14)16-5-3-4-9-6-10(12)7-13-11(9)15-2/h6-7H,5H2,1-2H3. The van der Waals surface area contributed by atoms with Crippen LogP contribution in [-0.4, -0.2) is 23.0 Å². The minimum atomic E-state index is 0.0467. The highest BCUT2D eigenvalue weighted by molar-refractivity contribution is 8.13. The van der Waals surface area contributed by atoms with E-state index in [2.05, 4.69) is 16.8 Å². The highest BCUT2D eigenvalue weighted by Crippen LogP contribution is 2.17. The molecule has 1 heterocycles. The number of pyridine rings is 1. The van der Waals surface area contributed by atoms with Crippen LogP contribution in [0.3, 0.4) is 0 Å². The second-order valence-electron chi connectivity index (χ2n) is 2.79. The molecule has 1 aromatic rings. The Labute approximate surface area is 104 Å². The van der Waals surface area contributed by atoms with Gasteiger partial charge in [-0.3, -0.25) is 4.79 Å². The molecule has 0 saturated heterocycles. The smallest absolute Gasteiger partial charge is 0.229 e. The van der Waals surface area contributed by atoms with Gasteiger partial charge in [0.05, 0.1) is 23.4 Å². The Bertz CT molecular complexity index is 451. The highest BCUT2D eigenvalue weighted by atomic mass is 35.5. The molecule has 0 unspecified atom stereocenters. The maximum absolute atomic E-state index is 10.7. The molecular weight excluding hydrogens is 246 g/mol. The van der Waals surface area contributed by atoms with Crippen molar-refractivity contribution in [3.63, 3.8) is 0 Å². The number of ether oxygens (including phenoxy) is 1. The first kappa shape index (κ1) is 12.9. The summed E-state index contributed by atoms with van der Waals surface area (Å²) in [4.78, 5) is 14.6. The summed E-state index contributed by atoms with van der Waals surface area (Å²) in [5, 5.41) is 0.551. The van der Waals surface area contributed by atoms with Gasteiger partial charge < -0.3 is 4.74 Å². The van der Waals surface area contributed by atoms with Crippen molar-refractivity contribution >= 4 is 28.5 Å². The summed E-state index contributed by atoms with van der Waals surface area (Å²) in [5.41, 5.74) is 0.624. The molecule has 0 amide bonds. The molecule has 0 aliphatic carbocycles. The van der Waals surface area contributed by atoms with E-state index >= 15 is 0 Å².